The molecule has 126 valence electrons. The Hall–Kier alpha value is -2.36. The van der Waals surface area contributed by atoms with Gasteiger partial charge < -0.3 is 10.3 Å². The number of aromatic amines is 1. The molecule has 1 aliphatic rings. The highest BCUT2D eigenvalue weighted by atomic mass is 35.5. The van der Waals surface area contributed by atoms with Crippen molar-refractivity contribution in [2.24, 2.45) is 0 Å². The van der Waals surface area contributed by atoms with Crippen LogP contribution in [-0.2, 0) is 0 Å². The van der Waals surface area contributed by atoms with Crippen LogP contribution in [0.15, 0.2) is 29.2 Å². The number of H-pyrrole nitrogens is 1. The average Bonchev–Trinajstić information content (AvgIpc) is 3.33. The van der Waals surface area contributed by atoms with E-state index in [-0.39, 0.29) is 11.6 Å². The van der Waals surface area contributed by atoms with E-state index in [1.54, 1.807) is 0 Å². The topological polar surface area (TPSA) is 81.6 Å². The Morgan fingerprint density at radius 2 is 2.24 bits per heavy atom. The van der Waals surface area contributed by atoms with Crippen LogP contribution in [0.2, 0.25) is 5.02 Å². The fraction of sp³-hybridized carbons (Fsp3) is 0.278. The highest BCUT2D eigenvalue weighted by molar-refractivity contribution is 7.16. The first-order valence-corrected chi connectivity index (χ1v) is 9.23. The minimum atomic E-state index is -0.243. The highest BCUT2D eigenvalue weighted by Gasteiger charge is 2.26. The largest absolute Gasteiger partial charge is 0.355 e. The zero-order valence-electron chi connectivity index (χ0n) is 13.5. The number of halogens is 1. The van der Waals surface area contributed by atoms with E-state index in [1.165, 1.54) is 17.5 Å². The van der Waals surface area contributed by atoms with E-state index in [9.17, 15) is 4.79 Å². The van der Waals surface area contributed by atoms with Crippen LogP contribution in [0.1, 0.15) is 47.7 Å². The second-order valence-corrected chi connectivity index (χ2v) is 7.73. The molecule has 1 saturated carbocycles. The van der Waals surface area contributed by atoms with Crippen LogP contribution >= 0.6 is 22.9 Å². The molecule has 1 atom stereocenters. The van der Waals surface area contributed by atoms with Gasteiger partial charge in [-0.25, -0.2) is 4.98 Å². The zero-order valence-corrected chi connectivity index (χ0v) is 15.0. The summed E-state index contributed by atoms with van der Waals surface area (Å²) in [5, 5.41) is 14.3. The molecule has 0 unspecified atom stereocenters. The molecule has 2 N–H and O–H groups in total. The lowest BCUT2D eigenvalue weighted by Crippen LogP contribution is -2.19. The van der Waals surface area contributed by atoms with Gasteiger partial charge in [0.15, 0.2) is 5.13 Å². The first-order valence-electron chi connectivity index (χ1n) is 8.04. The monoisotopic (exact) mass is 370 g/mol. The van der Waals surface area contributed by atoms with Gasteiger partial charge in [0.2, 0.25) is 0 Å². The summed E-state index contributed by atoms with van der Waals surface area (Å²) in [6.07, 6.45) is 3.84. The van der Waals surface area contributed by atoms with Crippen LogP contribution < -0.4 is 10.9 Å². The summed E-state index contributed by atoms with van der Waals surface area (Å²) in [6, 6.07) is 7.60. The Morgan fingerprint density at radius 1 is 1.44 bits per heavy atom. The lowest BCUT2D eigenvalue weighted by atomic mass is 10.0. The van der Waals surface area contributed by atoms with E-state index < -0.39 is 0 Å². The summed E-state index contributed by atoms with van der Waals surface area (Å²) < 4.78 is 0. The lowest BCUT2D eigenvalue weighted by Gasteiger charge is -2.14. The van der Waals surface area contributed by atoms with Gasteiger partial charge in [0, 0.05) is 21.5 Å². The maximum Gasteiger partial charge on any atom is 0.253 e. The molecule has 0 spiro atoms. The Morgan fingerprint density at radius 3 is 2.92 bits per heavy atom. The van der Waals surface area contributed by atoms with Crippen LogP contribution in [0.4, 0.5) is 5.13 Å². The smallest absolute Gasteiger partial charge is 0.253 e. The number of fused-ring (bicyclic) bond motifs is 1. The van der Waals surface area contributed by atoms with Crippen molar-refractivity contribution in [2.45, 2.75) is 31.7 Å². The molecule has 4 rings (SSSR count). The summed E-state index contributed by atoms with van der Waals surface area (Å²) in [7, 11) is 0. The molecule has 25 heavy (non-hydrogen) atoms. The summed E-state index contributed by atoms with van der Waals surface area (Å²) in [4.78, 5) is 20.2. The van der Waals surface area contributed by atoms with Gasteiger partial charge in [0.25, 0.3) is 5.56 Å². The number of nitrogens with zero attached hydrogens (tertiary/aromatic N) is 2. The van der Waals surface area contributed by atoms with Gasteiger partial charge in [-0.1, -0.05) is 22.9 Å². The van der Waals surface area contributed by atoms with Gasteiger partial charge in [-0.2, -0.15) is 5.26 Å². The van der Waals surface area contributed by atoms with Crippen molar-refractivity contribution in [1.29, 1.82) is 5.26 Å². The van der Waals surface area contributed by atoms with Crippen molar-refractivity contribution in [1.82, 2.24) is 9.97 Å². The quantitative estimate of drug-likeness (QED) is 0.705. The number of hydrogen-bond donors (Lipinski definition) is 2. The molecule has 1 aromatic carbocycles. The minimum absolute atomic E-state index is 0.131. The van der Waals surface area contributed by atoms with E-state index >= 15 is 0 Å². The van der Waals surface area contributed by atoms with Crippen molar-refractivity contribution in [3.63, 3.8) is 0 Å². The number of nitrogens with one attached hydrogen (secondary N) is 2. The van der Waals surface area contributed by atoms with E-state index in [1.807, 2.05) is 25.1 Å². The molecule has 1 fully saturated rings. The summed E-state index contributed by atoms with van der Waals surface area (Å²) in [5.41, 5.74) is 2.41. The zero-order chi connectivity index (χ0) is 17.6. The summed E-state index contributed by atoms with van der Waals surface area (Å²) >= 11 is 7.68. The number of pyridine rings is 1. The van der Waals surface area contributed by atoms with Crippen molar-refractivity contribution in [2.75, 3.05) is 5.32 Å². The first kappa shape index (κ1) is 16.1. The number of thiazole rings is 1. The molecule has 1 aliphatic carbocycles. The average molecular weight is 371 g/mol. The van der Waals surface area contributed by atoms with Crippen molar-refractivity contribution in [3.8, 4) is 6.07 Å². The molecule has 2 aromatic heterocycles. The molecule has 0 aliphatic heterocycles. The minimum Gasteiger partial charge on any atom is -0.355 e. The van der Waals surface area contributed by atoms with Crippen molar-refractivity contribution >= 4 is 39.0 Å². The first-order chi connectivity index (χ1) is 12.0. The molecule has 3 aromatic rings. The highest BCUT2D eigenvalue weighted by Crippen LogP contribution is 2.44. The fourth-order valence-corrected chi connectivity index (χ4v) is 3.97. The van der Waals surface area contributed by atoms with Crippen LogP contribution in [0.3, 0.4) is 0 Å². The summed E-state index contributed by atoms with van der Waals surface area (Å²) in [6.45, 7) is 1.89. The molecule has 0 amide bonds. The molecular weight excluding hydrogens is 356 g/mol. The molecule has 2 heterocycles. The van der Waals surface area contributed by atoms with Gasteiger partial charge >= 0.3 is 0 Å². The Labute approximate surface area is 153 Å². The fourth-order valence-electron chi connectivity index (χ4n) is 2.94. The Kier molecular flexibility index (Phi) is 3.98. The number of anilines is 1. The maximum atomic E-state index is 12.5. The molecule has 0 bridgehead atoms. The standard InChI is InChI=1S/C18H15ClN4OS/c1-9(22-18-21-8-12(7-20)25-18)13-4-11-5-15(19)14(10-2-3-10)6-16(11)23-17(13)24/h4-6,8-10H,2-3H2,1H3,(H,21,22)(H,23,24)/t9-/m0/s1. The van der Waals surface area contributed by atoms with Crippen molar-refractivity contribution in [3.05, 3.63) is 55.8 Å². The van der Waals surface area contributed by atoms with Gasteiger partial charge in [0.1, 0.15) is 10.9 Å². The number of benzene rings is 1. The van der Waals surface area contributed by atoms with E-state index in [4.69, 9.17) is 16.9 Å². The molecule has 7 heteroatoms. The Bertz CT molecular complexity index is 1060. The predicted octanol–water partition coefficient (Wildman–Crippen LogP) is 4.56. The second-order valence-electron chi connectivity index (χ2n) is 6.30. The third-order valence-corrected chi connectivity index (χ3v) is 5.59. The SMILES string of the molecule is C[C@H](Nc1ncc(C#N)s1)c1cc2cc(Cl)c(C3CC3)cc2[nH]c1=O. The van der Waals surface area contributed by atoms with Crippen LogP contribution in [0, 0.1) is 11.3 Å². The van der Waals surface area contributed by atoms with E-state index in [2.05, 4.69) is 21.4 Å². The van der Waals surface area contributed by atoms with Gasteiger partial charge in [-0.05, 0) is 49.4 Å². The van der Waals surface area contributed by atoms with E-state index in [0.717, 1.165) is 34.3 Å². The van der Waals surface area contributed by atoms with Crippen LogP contribution in [0.5, 0.6) is 0 Å². The Balaban J connectivity index is 1.69. The van der Waals surface area contributed by atoms with Crippen molar-refractivity contribution < 1.29 is 0 Å². The summed E-state index contributed by atoms with van der Waals surface area (Å²) in [5.74, 6) is 0.528. The maximum absolute atomic E-state index is 12.5. The molecule has 5 nitrogen and oxygen atoms in total. The number of nitriles is 1. The number of aromatic nitrogens is 2. The predicted molar refractivity (Wildman–Crippen MR) is 100 cm³/mol. The molecule has 0 radical (unpaired) electrons. The van der Waals surface area contributed by atoms with Gasteiger partial charge in [-0.3, -0.25) is 4.79 Å². The number of hydrogen-bond acceptors (Lipinski definition) is 5. The third-order valence-electron chi connectivity index (χ3n) is 4.43. The van der Waals surface area contributed by atoms with Gasteiger partial charge in [0.05, 0.1) is 12.2 Å². The molecule has 0 saturated heterocycles. The molecular formula is C18H15ClN4OS. The van der Waals surface area contributed by atoms with Crippen LogP contribution in [0.25, 0.3) is 10.9 Å². The third kappa shape index (κ3) is 3.13. The van der Waals surface area contributed by atoms with Gasteiger partial charge in [-0.15, -0.1) is 0 Å². The van der Waals surface area contributed by atoms with E-state index in [0.29, 0.717) is 21.5 Å². The lowest BCUT2D eigenvalue weighted by molar-refractivity contribution is 0.863. The second kappa shape index (κ2) is 6.17. The number of rotatable bonds is 4. The van der Waals surface area contributed by atoms with Crippen LogP contribution in [-0.4, -0.2) is 9.97 Å². The normalized spacial score (nSPS) is 15.1.